The summed E-state index contributed by atoms with van der Waals surface area (Å²) in [6.07, 6.45) is -0.707. The van der Waals surface area contributed by atoms with Gasteiger partial charge in [-0.2, -0.15) is 9.59 Å². The van der Waals surface area contributed by atoms with Crippen LogP contribution >= 0.6 is 11.6 Å². The minimum Gasteiger partial charge on any atom is -0.444 e. The van der Waals surface area contributed by atoms with Crippen molar-refractivity contribution in [2.75, 3.05) is 6.54 Å². The minimum absolute atomic E-state index is 0.0193. The number of carbonyl (C=O) groups is 4. The van der Waals surface area contributed by atoms with Crippen molar-refractivity contribution in [3.8, 4) is 5.75 Å². The summed E-state index contributed by atoms with van der Waals surface area (Å²) in [5.41, 5.74) is 2.04. The molecule has 296 valence electrons. The van der Waals surface area contributed by atoms with Crippen molar-refractivity contribution < 1.29 is 43.0 Å². The van der Waals surface area contributed by atoms with Gasteiger partial charge in [-0.3, -0.25) is 15.4 Å². The van der Waals surface area contributed by atoms with E-state index in [0.29, 0.717) is 30.2 Å². The zero-order valence-electron chi connectivity index (χ0n) is 33.1. The van der Waals surface area contributed by atoms with Crippen molar-refractivity contribution in [3.05, 3.63) is 94.0 Å². The van der Waals surface area contributed by atoms with Gasteiger partial charge in [-0.15, -0.1) is 0 Å². The molecule has 0 radical (unpaired) electrons. The first-order valence-corrected chi connectivity index (χ1v) is 18.0. The number of hydrogen-bond donors (Lipinski definition) is 2. The third-order valence-electron chi connectivity index (χ3n) is 7.33. The predicted octanol–water partition coefficient (Wildman–Crippen LogP) is 8.29. The number of guanidine groups is 1. The number of benzene rings is 3. The van der Waals surface area contributed by atoms with Gasteiger partial charge in [0.1, 0.15) is 17.0 Å². The molecule has 0 spiro atoms. The van der Waals surface area contributed by atoms with Gasteiger partial charge in [0.15, 0.2) is 0 Å². The predicted molar refractivity (Wildman–Crippen MR) is 208 cm³/mol. The van der Waals surface area contributed by atoms with Crippen molar-refractivity contribution in [2.45, 2.75) is 105 Å². The largest absolute Gasteiger partial charge is 0.444 e. The highest BCUT2D eigenvalue weighted by atomic mass is 35.5. The number of carbonyl (C=O) groups excluding carboxylic acids is 6. The van der Waals surface area contributed by atoms with Crippen LogP contribution in [0.5, 0.6) is 5.75 Å². The highest BCUT2D eigenvalue weighted by molar-refractivity contribution is 6.31. The Hall–Kier alpha value is -5.52. The molecule has 0 bridgehead atoms. The van der Waals surface area contributed by atoms with Gasteiger partial charge in [-0.25, -0.2) is 19.4 Å². The SMILES string of the molecule is CCN(Cc1cccc(C(C)(C)C)c1)C(=O)CCc1ccc(OC(=O)c2ccc(N=C(NC(=O)OC(C)(C)C)NC(=O)OC(C)(C)C)cc2)cc1Cl.O=C=O. The van der Waals surface area contributed by atoms with Gasteiger partial charge in [0, 0.05) is 24.5 Å². The van der Waals surface area contributed by atoms with Crippen molar-refractivity contribution in [1.29, 1.82) is 0 Å². The van der Waals surface area contributed by atoms with Crippen molar-refractivity contribution in [1.82, 2.24) is 15.5 Å². The fourth-order valence-electron chi connectivity index (χ4n) is 4.78. The van der Waals surface area contributed by atoms with E-state index in [4.69, 9.17) is 35.4 Å². The summed E-state index contributed by atoms with van der Waals surface area (Å²) in [7, 11) is 0. The standard InChI is InChI=1S/C40H51ClN4O7.CO2/c1-11-45(25-26-13-12-14-29(23-26)38(2,3)4)33(46)22-18-27-17-21-31(24-32(27)41)50-34(47)28-15-19-30(20-16-28)42-35(43-36(48)51-39(5,6)7)44-37(49)52-40(8,9)10;2-1-3/h12-17,19-21,23-24H,11,18,22,25H2,1-10H3,(H2,42,43,44,48,49);. The number of alkyl carbamates (subject to hydrolysis) is 2. The van der Waals surface area contributed by atoms with E-state index >= 15 is 0 Å². The number of esters is 1. The fourth-order valence-corrected chi connectivity index (χ4v) is 5.05. The summed E-state index contributed by atoms with van der Waals surface area (Å²) in [5, 5.41) is 5.20. The number of hydrogen-bond acceptors (Lipinski definition) is 10. The van der Waals surface area contributed by atoms with Crippen LogP contribution in [0.4, 0.5) is 15.3 Å². The number of nitrogens with zero attached hydrogens (tertiary/aromatic N) is 2. The molecule has 0 fully saturated rings. The normalized spacial score (nSPS) is 11.1. The number of aliphatic imine (C=N–C) groups is 1. The molecule has 0 aliphatic carbocycles. The lowest BCUT2D eigenvalue weighted by atomic mass is 9.86. The maximum Gasteiger partial charge on any atom is 0.414 e. The summed E-state index contributed by atoms with van der Waals surface area (Å²) >= 11 is 6.55. The van der Waals surface area contributed by atoms with E-state index in [9.17, 15) is 19.2 Å². The molecule has 0 aliphatic heterocycles. The molecule has 2 N–H and O–H groups in total. The Kier molecular flexibility index (Phi) is 16.8. The van der Waals surface area contributed by atoms with Crippen LogP contribution in [0, 0.1) is 0 Å². The molecule has 3 aromatic carbocycles. The van der Waals surface area contributed by atoms with Gasteiger partial charge in [0.25, 0.3) is 0 Å². The maximum atomic E-state index is 13.1. The highest BCUT2D eigenvalue weighted by Gasteiger charge is 2.22. The Morgan fingerprint density at radius 1 is 0.800 bits per heavy atom. The van der Waals surface area contributed by atoms with Crippen LogP contribution in [0.1, 0.15) is 103 Å². The molecule has 3 rings (SSSR count). The van der Waals surface area contributed by atoms with Gasteiger partial charge in [-0.1, -0.05) is 62.7 Å². The molecule has 3 aromatic rings. The first-order valence-electron chi connectivity index (χ1n) is 17.6. The topological polar surface area (TPSA) is 170 Å². The quantitative estimate of drug-likeness (QED) is 0.0939. The van der Waals surface area contributed by atoms with Crippen LogP contribution in [0.3, 0.4) is 0 Å². The first-order chi connectivity index (χ1) is 25.5. The van der Waals surface area contributed by atoms with Crippen LogP contribution < -0.4 is 15.4 Å². The molecule has 14 heteroatoms. The summed E-state index contributed by atoms with van der Waals surface area (Å²) in [5.74, 6) is -0.603. The second kappa shape index (κ2) is 20.2. The van der Waals surface area contributed by atoms with Crippen LogP contribution in [-0.4, -0.2) is 58.8 Å². The zero-order chi connectivity index (χ0) is 41.6. The first kappa shape index (κ1) is 45.6. The Morgan fingerprint density at radius 2 is 1.36 bits per heavy atom. The number of rotatable bonds is 9. The average Bonchev–Trinajstić information content (AvgIpc) is 3.05. The van der Waals surface area contributed by atoms with Gasteiger partial charge in [0.05, 0.1) is 11.3 Å². The average molecular weight is 779 g/mol. The van der Waals surface area contributed by atoms with Gasteiger partial charge < -0.3 is 19.1 Å². The van der Waals surface area contributed by atoms with Gasteiger partial charge in [-0.05, 0) is 113 Å². The van der Waals surface area contributed by atoms with Crippen LogP contribution in [-0.2, 0) is 42.2 Å². The molecule has 0 atom stereocenters. The number of ether oxygens (including phenoxy) is 3. The molecule has 13 nitrogen and oxygen atoms in total. The second-order valence-corrected chi connectivity index (χ2v) is 15.8. The third kappa shape index (κ3) is 17.0. The van der Waals surface area contributed by atoms with E-state index in [2.05, 4.69) is 48.5 Å². The summed E-state index contributed by atoms with van der Waals surface area (Å²) in [4.78, 5) is 73.3. The smallest absolute Gasteiger partial charge is 0.414 e. The minimum atomic E-state index is -0.834. The van der Waals surface area contributed by atoms with Crippen molar-refractivity contribution >= 4 is 53.5 Å². The Bertz CT molecular complexity index is 1830. The number of amides is 3. The van der Waals surface area contributed by atoms with Crippen LogP contribution in [0.2, 0.25) is 5.02 Å². The van der Waals surface area contributed by atoms with Crippen molar-refractivity contribution in [2.24, 2.45) is 4.99 Å². The molecular formula is C41H51ClN4O9. The van der Waals surface area contributed by atoms with Crippen molar-refractivity contribution in [3.63, 3.8) is 0 Å². The number of aryl methyl sites for hydroxylation is 1. The van der Waals surface area contributed by atoms with E-state index in [1.165, 1.54) is 29.8 Å². The van der Waals surface area contributed by atoms with Crippen LogP contribution in [0.15, 0.2) is 71.7 Å². The Morgan fingerprint density at radius 3 is 1.85 bits per heavy atom. The lowest BCUT2D eigenvalue weighted by molar-refractivity contribution is -0.191. The molecule has 0 aliphatic rings. The second-order valence-electron chi connectivity index (χ2n) is 15.3. The van der Waals surface area contributed by atoms with E-state index in [1.807, 2.05) is 24.0 Å². The Balaban J connectivity index is 0.00000337. The number of nitrogens with one attached hydrogen (secondary N) is 2. The molecule has 0 saturated heterocycles. The fraction of sp³-hybridized carbons (Fsp3) is 0.415. The number of halogens is 1. The molecule has 55 heavy (non-hydrogen) atoms. The monoisotopic (exact) mass is 778 g/mol. The van der Waals surface area contributed by atoms with E-state index in [1.54, 1.807) is 59.7 Å². The van der Waals surface area contributed by atoms with E-state index in [-0.39, 0.29) is 41.2 Å². The molecule has 3 amide bonds. The molecule has 0 aromatic heterocycles. The Labute approximate surface area is 327 Å². The third-order valence-corrected chi connectivity index (χ3v) is 7.68. The zero-order valence-corrected chi connectivity index (χ0v) is 33.9. The summed E-state index contributed by atoms with van der Waals surface area (Å²) in [6.45, 7) is 19.8. The molecular weight excluding hydrogens is 728 g/mol. The highest BCUT2D eigenvalue weighted by Crippen LogP contribution is 2.26. The lowest BCUT2D eigenvalue weighted by Crippen LogP contribution is -2.47. The lowest BCUT2D eigenvalue weighted by Gasteiger charge is -2.24. The molecule has 0 unspecified atom stereocenters. The van der Waals surface area contributed by atoms with Gasteiger partial charge >= 0.3 is 24.3 Å². The van der Waals surface area contributed by atoms with Gasteiger partial charge in [0.2, 0.25) is 11.9 Å². The molecule has 0 heterocycles. The van der Waals surface area contributed by atoms with Crippen LogP contribution in [0.25, 0.3) is 0 Å². The maximum absolute atomic E-state index is 13.1. The summed E-state index contributed by atoms with van der Waals surface area (Å²) < 4.78 is 16.1. The van der Waals surface area contributed by atoms with E-state index in [0.717, 1.165) is 11.1 Å². The molecule has 0 saturated carbocycles. The van der Waals surface area contributed by atoms with E-state index < -0.39 is 29.4 Å². The summed E-state index contributed by atoms with van der Waals surface area (Å²) in [6, 6.07) is 19.3.